The fraction of sp³-hybridized carbons (Fsp3) is 0.222. The van der Waals surface area contributed by atoms with Gasteiger partial charge >= 0.3 is 0 Å². The molecule has 0 amide bonds. The summed E-state index contributed by atoms with van der Waals surface area (Å²) in [6.07, 6.45) is 2.09. The molecule has 0 aliphatic rings. The maximum Gasteiger partial charge on any atom is 0.118 e. The summed E-state index contributed by atoms with van der Waals surface area (Å²) in [5.41, 5.74) is 1.14. The third-order valence-corrected chi connectivity index (χ3v) is 1.50. The normalized spacial score (nSPS) is 9.18. The molecule has 1 aromatic carbocycles. The number of rotatable bonds is 3. The summed E-state index contributed by atoms with van der Waals surface area (Å²) in [4.78, 5) is 0. The minimum Gasteiger partial charge on any atom is -0.497 e. The first-order valence-electron chi connectivity index (χ1n) is 3.48. The highest BCUT2D eigenvalue weighted by Crippen LogP contribution is 2.10. The van der Waals surface area contributed by atoms with Crippen molar-refractivity contribution >= 4 is 6.21 Å². The van der Waals surface area contributed by atoms with Crippen LogP contribution in [-0.2, 0) is 6.42 Å². The third kappa shape index (κ3) is 2.08. The van der Waals surface area contributed by atoms with Crippen molar-refractivity contribution < 1.29 is 4.74 Å². The summed E-state index contributed by atoms with van der Waals surface area (Å²) < 4.78 is 4.99. The van der Waals surface area contributed by atoms with Gasteiger partial charge in [-0.25, -0.2) is 0 Å². The van der Waals surface area contributed by atoms with Crippen LogP contribution in [0.5, 0.6) is 5.75 Å². The van der Waals surface area contributed by atoms with E-state index in [9.17, 15) is 0 Å². The van der Waals surface area contributed by atoms with Crippen LogP contribution in [0.1, 0.15) is 5.56 Å². The summed E-state index contributed by atoms with van der Waals surface area (Å²) in [6.45, 7) is 0. The van der Waals surface area contributed by atoms with Gasteiger partial charge in [0.25, 0.3) is 0 Å². The number of hydrogen-bond donors (Lipinski definition) is 1. The second-order valence-electron chi connectivity index (χ2n) is 2.26. The molecule has 0 aliphatic carbocycles. The van der Waals surface area contributed by atoms with Crippen LogP contribution in [-0.4, -0.2) is 13.3 Å². The molecule has 0 aromatic heterocycles. The summed E-state index contributed by atoms with van der Waals surface area (Å²) in [5.74, 6) is 0.860. The lowest BCUT2D eigenvalue weighted by Gasteiger charge is -1.99. The summed E-state index contributed by atoms with van der Waals surface area (Å²) in [6, 6.07) is 7.73. The Morgan fingerprint density at radius 3 is 2.45 bits per heavy atom. The molecular formula is C9H11NO. The van der Waals surface area contributed by atoms with Gasteiger partial charge in [-0.2, -0.15) is 0 Å². The molecule has 0 saturated heterocycles. The van der Waals surface area contributed by atoms with E-state index in [0.717, 1.165) is 11.3 Å². The topological polar surface area (TPSA) is 33.1 Å². The third-order valence-electron chi connectivity index (χ3n) is 1.50. The first-order chi connectivity index (χ1) is 5.36. The number of nitrogens with one attached hydrogen (secondary N) is 1. The predicted molar refractivity (Wildman–Crippen MR) is 45.5 cm³/mol. The summed E-state index contributed by atoms with van der Waals surface area (Å²) >= 11 is 0. The maximum atomic E-state index is 6.88. The van der Waals surface area contributed by atoms with E-state index in [-0.39, 0.29) is 0 Å². The van der Waals surface area contributed by atoms with Gasteiger partial charge in [0, 0.05) is 6.42 Å². The Hall–Kier alpha value is -1.31. The first kappa shape index (κ1) is 7.79. The molecule has 2 heteroatoms. The van der Waals surface area contributed by atoms with Crippen molar-refractivity contribution in [3.8, 4) is 5.75 Å². The zero-order chi connectivity index (χ0) is 8.10. The minimum atomic E-state index is 0.698. The van der Waals surface area contributed by atoms with Crippen LogP contribution in [0.25, 0.3) is 0 Å². The van der Waals surface area contributed by atoms with Gasteiger partial charge < -0.3 is 10.1 Å². The zero-order valence-corrected chi connectivity index (χ0v) is 6.50. The first-order valence-corrected chi connectivity index (χ1v) is 3.48. The van der Waals surface area contributed by atoms with Gasteiger partial charge in [-0.1, -0.05) is 12.1 Å². The second-order valence-corrected chi connectivity index (χ2v) is 2.26. The van der Waals surface area contributed by atoms with Gasteiger partial charge in [-0.15, -0.1) is 0 Å². The van der Waals surface area contributed by atoms with Crippen molar-refractivity contribution in [3.63, 3.8) is 0 Å². The van der Waals surface area contributed by atoms with Gasteiger partial charge in [0.05, 0.1) is 7.11 Å². The highest BCUT2D eigenvalue weighted by atomic mass is 16.5. The fourth-order valence-corrected chi connectivity index (χ4v) is 0.879. The van der Waals surface area contributed by atoms with Crippen LogP contribution >= 0.6 is 0 Å². The second kappa shape index (κ2) is 3.76. The van der Waals surface area contributed by atoms with E-state index in [4.69, 9.17) is 10.1 Å². The Morgan fingerprint density at radius 2 is 2.00 bits per heavy atom. The molecular weight excluding hydrogens is 138 g/mol. The average molecular weight is 149 g/mol. The van der Waals surface area contributed by atoms with E-state index in [1.165, 1.54) is 6.21 Å². The molecule has 1 aromatic rings. The zero-order valence-electron chi connectivity index (χ0n) is 6.50. The van der Waals surface area contributed by atoms with Crippen LogP contribution in [0.15, 0.2) is 24.3 Å². The van der Waals surface area contributed by atoms with Gasteiger partial charge in [-0.05, 0) is 23.9 Å². The molecule has 0 bridgehead atoms. The molecule has 0 radical (unpaired) electrons. The number of ether oxygens (including phenoxy) is 1. The molecule has 1 rings (SSSR count). The molecule has 11 heavy (non-hydrogen) atoms. The lowest BCUT2D eigenvalue weighted by molar-refractivity contribution is 0.414. The van der Waals surface area contributed by atoms with E-state index in [1.54, 1.807) is 7.11 Å². The molecule has 0 aliphatic heterocycles. The van der Waals surface area contributed by atoms with Crippen molar-refractivity contribution in [1.29, 1.82) is 5.41 Å². The molecule has 58 valence electrons. The molecule has 0 fully saturated rings. The van der Waals surface area contributed by atoms with E-state index < -0.39 is 0 Å². The van der Waals surface area contributed by atoms with E-state index in [1.807, 2.05) is 24.3 Å². The molecule has 0 saturated carbocycles. The van der Waals surface area contributed by atoms with Crippen molar-refractivity contribution in [1.82, 2.24) is 0 Å². The molecule has 0 unspecified atom stereocenters. The summed E-state index contributed by atoms with van der Waals surface area (Å²) in [5, 5.41) is 6.88. The van der Waals surface area contributed by atoms with E-state index in [2.05, 4.69) is 0 Å². The SMILES string of the molecule is COc1ccc(CC=N)cc1. The molecule has 0 atom stereocenters. The average Bonchev–Trinajstić information content (AvgIpc) is 2.07. The van der Waals surface area contributed by atoms with E-state index >= 15 is 0 Å². The number of hydrogen-bond acceptors (Lipinski definition) is 2. The quantitative estimate of drug-likeness (QED) is 0.654. The fourth-order valence-electron chi connectivity index (χ4n) is 0.879. The van der Waals surface area contributed by atoms with Gasteiger partial charge in [-0.3, -0.25) is 0 Å². The minimum absolute atomic E-state index is 0.698. The molecule has 2 nitrogen and oxygen atoms in total. The molecule has 1 N–H and O–H groups in total. The highest BCUT2D eigenvalue weighted by molar-refractivity contribution is 5.57. The van der Waals surface area contributed by atoms with Crippen molar-refractivity contribution in [2.75, 3.05) is 7.11 Å². The Morgan fingerprint density at radius 1 is 1.36 bits per heavy atom. The number of benzene rings is 1. The Kier molecular flexibility index (Phi) is 2.66. The lowest BCUT2D eigenvalue weighted by Crippen LogP contribution is -1.86. The Bertz CT molecular complexity index is 228. The van der Waals surface area contributed by atoms with Gasteiger partial charge in [0.2, 0.25) is 0 Å². The van der Waals surface area contributed by atoms with Gasteiger partial charge in [0.1, 0.15) is 5.75 Å². The number of methoxy groups -OCH3 is 1. The maximum absolute atomic E-state index is 6.88. The Balaban J connectivity index is 2.74. The predicted octanol–water partition coefficient (Wildman–Crippen LogP) is 1.89. The smallest absolute Gasteiger partial charge is 0.118 e. The van der Waals surface area contributed by atoms with Crippen molar-refractivity contribution in [2.24, 2.45) is 0 Å². The van der Waals surface area contributed by atoms with Crippen molar-refractivity contribution in [3.05, 3.63) is 29.8 Å². The van der Waals surface area contributed by atoms with E-state index in [0.29, 0.717) is 6.42 Å². The Labute approximate surface area is 66.3 Å². The molecule has 0 heterocycles. The van der Waals surface area contributed by atoms with Crippen LogP contribution in [0, 0.1) is 5.41 Å². The van der Waals surface area contributed by atoms with Crippen molar-refractivity contribution in [2.45, 2.75) is 6.42 Å². The lowest BCUT2D eigenvalue weighted by atomic mass is 10.2. The monoisotopic (exact) mass is 149 g/mol. The summed E-state index contributed by atoms with van der Waals surface area (Å²) in [7, 11) is 1.64. The molecule has 0 spiro atoms. The largest absolute Gasteiger partial charge is 0.497 e. The van der Waals surface area contributed by atoms with Crippen LogP contribution in [0.3, 0.4) is 0 Å². The van der Waals surface area contributed by atoms with Crippen LogP contribution in [0.4, 0.5) is 0 Å². The standard InChI is InChI=1S/C9H11NO/c1-11-9-4-2-8(3-5-9)6-7-10/h2-5,7,10H,6H2,1H3. The van der Waals surface area contributed by atoms with Crippen LogP contribution < -0.4 is 4.74 Å². The van der Waals surface area contributed by atoms with Gasteiger partial charge in [0.15, 0.2) is 0 Å². The van der Waals surface area contributed by atoms with Crippen LogP contribution in [0.2, 0.25) is 0 Å². The highest BCUT2D eigenvalue weighted by Gasteiger charge is 1.90.